The van der Waals surface area contributed by atoms with E-state index in [4.69, 9.17) is 0 Å². The van der Waals surface area contributed by atoms with Crippen LogP contribution in [0.1, 0.15) is 42.6 Å². The maximum Gasteiger partial charge on any atom is 0.0568 e. The van der Waals surface area contributed by atoms with Gasteiger partial charge in [-0.15, -0.1) is 0 Å². The van der Waals surface area contributed by atoms with Crippen molar-refractivity contribution >= 4 is 10.9 Å². The van der Waals surface area contributed by atoms with Gasteiger partial charge in [-0.1, -0.05) is 36.4 Å². The zero-order valence-corrected chi connectivity index (χ0v) is 16.0. The largest absolute Gasteiger partial charge is 0.337 e. The van der Waals surface area contributed by atoms with Gasteiger partial charge in [-0.3, -0.25) is 4.68 Å². The molecule has 3 heteroatoms. The SMILES string of the molecule is C[C@H](c1ccccc1)n1c2c(c3cc(-c4cnn(C)c4)ccc31)CCCC2. The summed E-state index contributed by atoms with van der Waals surface area (Å²) in [4.78, 5) is 0. The van der Waals surface area contributed by atoms with Gasteiger partial charge in [-0.05, 0) is 61.4 Å². The maximum absolute atomic E-state index is 4.35. The monoisotopic (exact) mass is 355 g/mol. The average Bonchev–Trinajstić information content (AvgIpc) is 3.29. The van der Waals surface area contributed by atoms with Crippen molar-refractivity contribution in [3.63, 3.8) is 0 Å². The van der Waals surface area contributed by atoms with E-state index in [1.165, 1.54) is 59.0 Å². The van der Waals surface area contributed by atoms with Gasteiger partial charge in [0.25, 0.3) is 0 Å². The Morgan fingerprint density at radius 2 is 1.78 bits per heavy atom. The quantitative estimate of drug-likeness (QED) is 0.474. The highest BCUT2D eigenvalue weighted by Gasteiger charge is 2.23. The third-order valence-corrected chi connectivity index (χ3v) is 6.02. The second-order valence-electron chi connectivity index (χ2n) is 7.72. The summed E-state index contributed by atoms with van der Waals surface area (Å²) in [6.07, 6.45) is 9.01. The molecular formula is C24H25N3. The van der Waals surface area contributed by atoms with Gasteiger partial charge >= 0.3 is 0 Å². The fourth-order valence-corrected chi connectivity index (χ4v) is 4.65. The topological polar surface area (TPSA) is 22.8 Å². The van der Waals surface area contributed by atoms with Crippen LogP contribution in [0.5, 0.6) is 0 Å². The van der Waals surface area contributed by atoms with Crippen molar-refractivity contribution < 1.29 is 0 Å². The summed E-state index contributed by atoms with van der Waals surface area (Å²) < 4.78 is 4.46. The van der Waals surface area contributed by atoms with Crippen molar-refractivity contribution in [1.29, 1.82) is 0 Å². The van der Waals surface area contributed by atoms with Gasteiger partial charge in [0.1, 0.15) is 0 Å². The Bertz CT molecular complexity index is 1100. The number of fused-ring (bicyclic) bond motifs is 3. The second-order valence-corrected chi connectivity index (χ2v) is 7.72. The van der Waals surface area contributed by atoms with Crippen LogP contribution < -0.4 is 0 Å². The Hall–Kier alpha value is -2.81. The number of hydrogen-bond donors (Lipinski definition) is 0. The zero-order chi connectivity index (χ0) is 18.4. The van der Waals surface area contributed by atoms with Crippen LogP contribution in [0, 0.1) is 0 Å². The van der Waals surface area contributed by atoms with E-state index >= 15 is 0 Å². The molecule has 1 aliphatic rings. The Morgan fingerprint density at radius 3 is 2.56 bits per heavy atom. The third kappa shape index (κ3) is 2.69. The summed E-state index contributed by atoms with van der Waals surface area (Å²) in [6, 6.07) is 18.2. The lowest BCUT2D eigenvalue weighted by atomic mass is 9.94. The molecule has 5 rings (SSSR count). The molecule has 0 radical (unpaired) electrons. The summed E-state index contributed by atoms with van der Waals surface area (Å²) in [5.74, 6) is 0. The minimum absolute atomic E-state index is 0.347. The van der Waals surface area contributed by atoms with Gasteiger partial charge < -0.3 is 4.57 Å². The van der Waals surface area contributed by atoms with E-state index in [9.17, 15) is 0 Å². The molecule has 2 heterocycles. The molecule has 0 aliphatic heterocycles. The summed E-state index contributed by atoms with van der Waals surface area (Å²) in [5, 5.41) is 5.77. The van der Waals surface area contributed by atoms with Gasteiger partial charge in [0.15, 0.2) is 0 Å². The van der Waals surface area contributed by atoms with E-state index in [1.807, 2.05) is 17.9 Å². The molecule has 0 fully saturated rings. The van der Waals surface area contributed by atoms with Crippen molar-refractivity contribution in [1.82, 2.24) is 14.3 Å². The first-order chi connectivity index (χ1) is 13.2. The zero-order valence-electron chi connectivity index (χ0n) is 16.0. The van der Waals surface area contributed by atoms with Crippen LogP contribution in [0.4, 0.5) is 0 Å². The lowest BCUT2D eigenvalue weighted by Gasteiger charge is -2.22. The Labute approximate surface area is 160 Å². The number of aromatic nitrogens is 3. The van der Waals surface area contributed by atoms with Gasteiger partial charge in [0.05, 0.1) is 12.2 Å². The number of aryl methyl sites for hydroxylation is 2. The van der Waals surface area contributed by atoms with E-state index in [0.717, 1.165) is 0 Å². The number of nitrogens with zero attached hydrogens (tertiary/aromatic N) is 3. The molecule has 0 saturated carbocycles. The number of rotatable bonds is 3. The maximum atomic E-state index is 4.35. The first-order valence-electron chi connectivity index (χ1n) is 9.92. The fourth-order valence-electron chi connectivity index (χ4n) is 4.65. The summed E-state index contributed by atoms with van der Waals surface area (Å²) in [7, 11) is 1.97. The molecule has 0 spiro atoms. The Kier molecular flexibility index (Phi) is 3.89. The second kappa shape index (κ2) is 6.41. The van der Waals surface area contributed by atoms with Crippen molar-refractivity contribution in [2.75, 3.05) is 0 Å². The van der Waals surface area contributed by atoms with Crippen LogP contribution in [0.3, 0.4) is 0 Å². The van der Waals surface area contributed by atoms with Crippen LogP contribution in [-0.4, -0.2) is 14.3 Å². The van der Waals surface area contributed by atoms with Crippen molar-refractivity contribution in [3.05, 3.63) is 77.7 Å². The summed E-state index contributed by atoms with van der Waals surface area (Å²) >= 11 is 0. The van der Waals surface area contributed by atoms with Gasteiger partial charge in [0, 0.05) is 35.4 Å². The average molecular weight is 355 g/mol. The summed E-state index contributed by atoms with van der Waals surface area (Å²) in [6.45, 7) is 2.33. The standard InChI is InChI=1S/C24H25N3/c1-17(18-8-4-3-5-9-18)27-23-11-7-6-10-21(23)22-14-19(12-13-24(22)27)20-15-25-26(2)16-20/h3-5,8-9,12-17H,6-7,10-11H2,1-2H3/t17-/m1/s1. The minimum atomic E-state index is 0.347. The normalized spacial score (nSPS) is 15.0. The van der Waals surface area contributed by atoms with Crippen molar-refractivity contribution in [3.8, 4) is 11.1 Å². The van der Waals surface area contributed by atoms with Crippen LogP contribution in [0.25, 0.3) is 22.0 Å². The number of benzene rings is 2. The predicted octanol–water partition coefficient (Wildman–Crippen LogP) is 5.53. The van der Waals surface area contributed by atoms with Crippen molar-refractivity contribution in [2.24, 2.45) is 7.05 Å². The molecule has 0 amide bonds. The fraction of sp³-hybridized carbons (Fsp3) is 0.292. The molecule has 1 aliphatic carbocycles. The lowest BCUT2D eigenvalue weighted by Crippen LogP contribution is -2.13. The molecule has 3 nitrogen and oxygen atoms in total. The highest BCUT2D eigenvalue weighted by Crippen LogP contribution is 2.38. The lowest BCUT2D eigenvalue weighted by molar-refractivity contribution is 0.584. The predicted molar refractivity (Wildman–Crippen MR) is 111 cm³/mol. The summed E-state index contributed by atoms with van der Waals surface area (Å²) in [5.41, 5.74) is 8.28. The molecule has 0 saturated heterocycles. The van der Waals surface area contributed by atoms with Gasteiger partial charge in [0.2, 0.25) is 0 Å². The Balaban J connectivity index is 1.71. The molecule has 0 bridgehead atoms. The van der Waals surface area contributed by atoms with Gasteiger partial charge in [-0.25, -0.2) is 0 Å². The molecule has 136 valence electrons. The molecule has 4 aromatic rings. The van der Waals surface area contributed by atoms with E-state index in [-0.39, 0.29) is 0 Å². The minimum Gasteiger partial charge on any atom is -0.337 e. The molecule has 2 aromatic heterocycles. The molecular weight excluding hydrogens is 330 g/mol. The molecule has 0 N–H and O–H groups in total. The molecule has 0 unspecified atom stereocenters. The van der Waals surface area contributed by atoms with E-state index in [1.54, 1.807) is 5.56 Å². The number of hydrogen-bond acceptors (Lipinski definition) is 1. The van der Waals surface area contributed by atoms with E-state index < -0.39 is 0 Å². The van der Waals surface area contributed by atoms with E-state index in [2.05, 4.69) is 71.3 Å². The van der Waals surface area contributed by atoms with Gasteiger partial charge in [-0.2, -0.15) is 5.10 Å². The van der Waals surface area contributed by atoms with E-state index in [0.29, 0.717) is 6.04 Å². The molecule has 1 atom stereocenters. The molecule has 27 heavy (non-hydrogen) atoms. The smallest absolute Gasteiger partial charge is 0.0568 e. The first-order valence-corrected chi connectivity index (χ1v) is 9.92. The highest BCUT2D eigenvalue weighted by molar-refractivity contribution is 5.90. The third-order valence-electron chi connectivity index (χ3n) is 6.02. The molecule has 2 aromatic carbocycles. The Morgan fingerprint density at radius 1 is 0.963 bits per heavy atom. The highest BCUT2D eigenvalue weighted by atomic mass is 15.2. The van der Waals surface area contributed by atoms with Crippen LogP contribution in [0.15, 0.2) is 60.9 Å². The van der Waals surface area contributed by atoms with Crippen LogP contribution in [-0.2, 0) is 19.9 Å². The van der Waals surface area contributed by atoms with Crippen LogP contribution in [0.2, 0.25) is 0 Å². The van der Waals surface area contributed by atoms with Crippen molar-refractivity contribution in [2.45, 2.75) is 38.6 Å². The van der Waals surface area contributed by atoms with Crippen LogP contribution >= 0.6 is 0 Å². The first kappa shape index (κ1) is 16.4.